The van der Waals surface area contributed by atoms with Gasteiger partial charge in [-0.3, -0.25) is 4.79 Å². The van der Waals surface area contributed by atoms with Crippen LogP contribution in [0.2, 0.25) is 0 Å². The van der Waals surface area contributed by atoms with E-state index in [2.05, 4.69) is 31.2 Å². The number of aryl methyl sites for hydroxylation is 1. The van der Waals surface area contributed by atoms with Crippen molar-refractivity contribution in [3.8, 4) is 0 Å². The molecule has 104 valence electrons. The van der Waals surface area contributed by atoms with Crippen LogP contribution in [0.1, 0.15) is 25.7 Å². The first-order chi connectivity index (χ1) is 9.18. The Labute approximate surface area is 121 Å². The van der Waals surface area contributed by atoms with Gasteiger partial charge < -0.3 is 10.2 Å². The molecule has 2 aliphatic heterocycles. The zero-order valence-electron chi connectivity index (χ0n) is 11.1. The Morgan fingerprint density at radius 2 is 2.26 bits per heavy atom. The fraction of sp³-hybridized carbons (Fsp3) is 0.692. The van der Waals surface area contributed by atoms with E-state index in [1.807, 2.05) is 0 Å². The molecule has 0 radical (unpaired) electrons. The topological polar surface area (TPSA) is 50.2 Å². The summed E-state index contributed by atoms with van der Waals surface area (Å²) in [6.07, 6.45) is 6.67. The van der Waals surface area contributed by atoms with Crippen molar-refractivity contribution in [2.75, 3.05) is 18.0 Å². The first-order valence-corrected chi connectivity index (χ1v) is 7.69. The average Bonchev–Trinajstić information content (AvgIpc) is 3.05. The molecule has 2 atom stereocenters. The number of nitrogens with one attached hydrogen (secondary N) is 1. The number of nitrogens with zero attached hydrogens (tertiary/aromatic N) is 3. The molecule has 5 nitrogen and oxygen atoms in total. The van der Waals surface area contributed by atoms with Crippen molar-refractivity contribution in [1.82, 2.24) is 15.1 Å². The van der Waals surface area contributed by atoms with E-state index in [1.54, 1.807) is 13.2 Å². The monoisotopic (exact) mass is 326 g/mol. The second kappa shape index (κ2) is 5.25. The molecule has 1 aromatic rings. The number of aromatic nitrogens is 2. The standard InChI is InChI=1S/C13H19BrN4O/c1-17-13(19)12(14)11(8-16-17)18-7-3-5-10(18)9-4-2-6-15-9/h8-10,15H,2-7H2,1H3. The Kier molecular flexibility index (Phi) is 3.62. The Hall–Kier alpha value is -0.880. The van der Waals surface area contributed by atoms with Gasteiger partial charge in [0.25, 0.3) is 5.56 Å². The van der Waals surface area contributed by atoms with Gasteiger partial charge in [-0.2, -0.15) is 5.10 Å². The molecule has 19 heavy (non-hydrogen) atoms. The molecular formula is C13H19BrN4O. The molecule has 0 saturated carbocycles. The van der Waals surface area contributed by atoms with Crippen molar-refractivity contribution in [3.63, 3.8) is 0 Å². The van der Waals surface area contributed by atoms with Crippen LogP contribution < -0.4 is 15.8 Å². The molecule has 0 amide bonds. The molecule has 2 fully saturated rings. The van der Waals surface area contributed by atoms with Crippen LogP contribution in [0.4, 0.5) is 5.69 Å². The van der Waals surface area contributed by atoms with E-state index >= 15 is 0 Å². The molecule has 0 bridgehead atoms. The van der Waals surface area contributed by atoms with Gasteiger partial charge in [0.1, 0.15) is 4.47 Å². The highest BCUT2D eigenvalue weighted by atomic mass is 79.9. The minimum absolute atomic E-state index is 0.0671. The smallest absolute Gasteiger partial charge is 0.282 e. The van der Waals surface area contributed by atoms with Crippen molar-refractivity contribution < 1.29 is 0 Å². The maximum atomic E-state index is 12.0. The van der Waals surface area contributed by atoms with Crippen molar-refractivity contribution in [3.05, 3.63) is 21.0 Å². The lowest BCUT2D eigenvalue weighted by molar-refractivity contribution is 0.481. The molecule has 3 rings (SSSR count). The Balaban J connectivity index is 1.92. The third kappa shape index (κ3) is 2.31. The summed E-state index contributed by atoms with van der Waals surface area (Å²) in [6.45, 7) is 2.13. The van der Waals surface area contributed by atoms with Crippen molar-refractivity contribution in [2.24, 2.45) is 7.05 Å². The van der Waals surface area contributed by atoms with Gasteiger partial charge in [0.15, 0.2) is 0 Å². The van der Waals surface area contributed by atoms with E-state index in [0.29, 0.717) is 16.6 Å². The summed E-state index contributed by atoms with van der Waals surface area (Å²) in [7, 11) is 1.68. The molecule has 0 aliphatic carbocycles. The lowest BCUT2D eigenvalue weighted by Gasteiger charge is -2.31. The van der Waals surface area contributed by atoms with Gasteiger partial charge >= 0.3 is 0 Å². The third-order valence-electron chi connectivity index (χ3n) is 4.23. The summed E-state index contributed by atoms with van der Waals surface area (Å²) in [4.78, 5) is 14.3. The normalized spacial score (nSPS) is 27.2. The van der Waals surface area contributed by atoms with Crippen LogP contribution in [-0.4, -0.2) is 35.0 Å². The van der Waals surface area contributed by atoms with Gasteiger partial charge in [-0.25, -0.2) is 4.68 Å². The summed E-state index contributed by atoms with van der Waals surface area (Å²) in [6, 6.07) is 1.05. The number of hydrogen-bond acceptors (Lipinski definition) is 4. The summed E-state index contributed by atoms with van der Waals surface area (Å²) < 4.78 is 2.00. The minimum atomic E-state index is -0.0671. The second-order valence-corrected chi connectivity index (χ2v) is 6.17. The molecule has 6 heteroatoms. The van der Waals surface area contributed by atoms with E-state index in [0.717, 1.165) is 18.8 Å². The predicted molar refractivity (Wildman–Crippen MR) is 78.6 cm³/mol. The molecule has 3 heterocycles. The number of halogens is 1. The van der Waals surface area contributed by atoms with Crippen LogP contribution >= 0.6 is 15.9 Å². The third-order valence-corrected chi connectivity index (χ3v) is 4.98. The summed E-state index contributed by atoms with van der Waals surface area (Å²) >= 11 is 3.44. The highest BCUT2D eigenvalue weighted by molar-refractivity contribution is 9.10. The quantitative estimate of drug-likeness (QED) is 0.889. The van der Waals surface area contributed by atoms with Gasteiger partial charge in [0.05, 0.1) is 11.9 Å². The van der Waals surface area contributed by atoms with Gasteiger partial charge in [-0.05, 0) is 48.2 Å². The van der Waals surface area contributed by atoms with Crippen molar-refractivity contribution in [1.29, 1.82) is 0 Å². The maximum Gasteiger partial charge on any atom is 0.282 e. The zero-order valence-corrected chi connectivity index (χ0v) is 12.7. The van der Waals surface area contributed by atoms with E-state index < -0.39 is 0 Å². The highest BCUT2D eigenvalue weighted by Crippen LogP contribution is 2.32. The molecule has 1 aromatic heterocycles. The number of rotatable bonds is 2. The number of hydrogen-bond donors (Lipinski definition) is 1. The van der Waals surface area contributed by atoms with Gasteiger partial charge in [-0.15, -0.1) is 0 Å². The van der Waals surface area contributed by atoms with Crippen LogP contribution in [0.3, 0.4) is 0 Å². The fourth-order valence-corrected chi connectivity index (χ4v) is 3.84. The largest absolute Gasteiger partial charge is 0.365 e. The van der Waals surface area contributed by atoms with E-state index in [9.17, 15) is 4.79 Å². The SMILES string of the molecule is Cn1ncc(N2CCCC2C2CCCN2)c(Br)c1=O. The van der Waals surface area contributed by atoms with Gasteiger partial charge in [-0.1, -0.05) is 0 Å². The molecule has 2 saturated heterocycles. The van der Waals surface area contributed by atoms with E-state index in [1.165, 1.54) is 30.4 Å². The fourth-order valence-electron chi connectivity index (χ4n) is 3.25. The molecule has 2 unspecified atom stereocenters. The van der Waals surface area contributed by atoms with E-state index in [-0.39, 0.29) is 5.56 Å². The molecule has 0 spiro atoms. The highest BCUT2D eigenvalue weighted by Gasteiger charge is 2.34. The summed E-state index contributed by atoms with van der Waals surface area (Å²) in [5.41, 5.74) is 0.877. The number of anilines is 1. The van der Waals surface area contributed by atoms with Crippen LogP contribution in [-0.2, 0) is 7.05 Å². The summed E-state index contributed by atoms with van der Waals surface area (Å²) in [5.74, 6) is 0. The maximum absolute atomic E-state index is 12.0. The van der Waals surface area contributed by atoms with Crippen LogP contribution in [0.5, 0.6) is 0 Å². The van der Waals surface area contributed by atoms with Gasteiger partial charge in [0.2, 0.25) is 0 Å². The Morgan fingerprint density at radius 1 is 1.42 bits per heavy atom. The Bertz CT molecular complexity index is 524. The Morgan fingerprint density at radius 3 is 3.00 bits per heavy atom. The first-order valence-electron chi connectivity index (χ1n) is 6.90. The zero-order chi connectivity index (χ0) is 13.4. The predicted octanol–water partition coefficient (Wildman–Crippen LogP) is 1.26. The minimum Gasteiger partial charge on any atom is -0.365 e. The molecular weight excluding hydrogens is 308 g/mol. The van der Waals surface area contributed by atoms with Crippen LogP contribution in [0, 0.1) is 0 Å². The van der Waals surface area contributed by atoms with Crippen LogP contribution in [0.15, 0.2) is 15.5 Å². The lowest BCUT2D eigenvalue weighted by Crippen LogP contribution is -2.44. The van der Waals surface area contributed by atoms with Gasteiger partial charge in [0, 0.05) is 25.7 Å². The van der Waals surface area contributed by atoms with Crippen molar-refractivity contribution in [2.45, 2.75) is 37.8 Å². The molecule has 1 N–H and O–H groups in total. The van der Waals surface area contributed by atoms with Crippen molar-refractivity contribution >= 4 is 21.6 Å². The molecule has 2 aliphatic rings. The molecule has 0 aromatic carbocycles. The van der Waals surface area contributed by atoms with E-state index in [4.69, 9.17) is 0 Å². The van der Waals surface area contributed by atoms with Crippen LogP contribution in [0.25, 0.3) is 0 Å². The lowest BCUT2D eigenvalue weighted by atomic mass is 10.0. The first kappa shape index (κ1) is 13.1. The second-order valence-electron chi connectivity index (χ2n) is 5.38. The summed E-state index contributed by atoms with van der Waals surface area (Å²) in [5, 5.41) is 7.74. The average molecular weight is 327 g/mol.